The van der Waals surface area contributed by atoms with Crippen molar-refractivity contribution in [2.24, 2.45) is 0 Å². The first-order chi connectivity index (χ1) is 6.65. The summed E-state index contributed by atoms with van der Waals surface area (Å²) in [5, 5.41) is 27.5. The molecule has 5 heteroatoms. The van der Waals surface area contributed by atoms with Crippen LogP contribution in [0.3, 0.4) is 0 Å². The summed E-state index contributed by atoms with van der Waals surface area (Å²) >= 11 is 0. The SMILES string of the molecule is Cc1ccnc(C(O)C(O)CCO)n1. The number of aliphatic hydroxyl groups is 3. The van der Waals surface area contributed by atoms with Gasteiger partial charge in [-0.1, -0.05) is 0 Å². The molecule has 1 heterocycles. The normalized spacial score (nSPS) is 15.1. The lowest BCUT2D eigenvalue weighted by molar-refractivity contribution is -0.000675. The zero-order valence-corrected chi connectivity index (χ0v) is 7.96. The molecule has 0 bridgehead atoms. The van der Waals surface area contributed by atoms with Gasteiger partial charge in [-0.05, 0) is 19.4 Å². The van der Waals surface area contributed by atoms with Crippen molar-refractivity contribution < 1.29 is 15.3 Å². The van der Waals surface area contributed by atoms with Gasteiger partial charge in [0.15, 0.2) is 5.82 Å². The van der Waals surface area contributed by atoms with E-state index in [1.54, 1.807) is 13.0 Å². The Hall–Kier alpha value is -1.04. The van der Waals surface area contributed by atoms with Gasteiger partial charge < -0.3 is 15.3 Å². The van der Waals surface area contributed by atoms with E-state index in [4.69, 9.17) is 5.11 Å². The minimum atomic E-state index is -1.14. The van der Waals surface area contributed by atoms with E-state index in [1.165, 1.54) is 6.20 Å². The number of aryl methyl sites for hydroxylation is 1. The van der Waals surface area contributed by atoms with Crippen molar-refractivity contribution in [1.82, 2.24) is 9.97 Å². The molecule has 0 saturated heterocycles. The predicted molar refractivity (Wildman–Crippen MR) is 49.4 cm³/mol. The Morgan fingerprint density at radius 2 is 2.14 bits per heavy atom. The van der Waals surface area contributed by atoms with Crippen LogP contribution in [0.4, 0.5) is 0 Å². The third-order valence-electron chi connectivity index (χ3n) is 1.87. The van der Waals surface area contributed by atoms with E-state index in [0.717, 1.165) is 5.69 Å². The topological polar surface area (TPSA) is 86.5 Å². The van der Waals surface area contributed by atoms with Crippen LogP contribution in [0.25, 0.3) is 0 Å². The molecular formula is C9H14N2O3. The fraction of sp³-hybridized carbons (Fsp3) is 0.556. The van der Waals surface area contributed by atoms with Crippen LogP contribution in [0.5, 0.6) is 0 Å². The number of nitrogens with zero attached hydrogens (tertiary/aromatic N) is 2. The van der Waals surface area contributed by atoms with E-state index in [1.807, 2.05) is 0 Å². The molecule has 1 aromatic rings. The lowest BCUT2D eigenvalue weighted by atomic mass is 10.1. The van der Waals surface area contributed by atoms with Crippen LogP contribution >= 0.6 is 0 Å². The second-order valence-corrected chi connectivity index (χ2v) is 3.08. The van der Waals surface area contributed by atoms with E-state index >= 15 is 0 Å². The molecule has 3 N–H and O–H groups in total. The van der Waals surface area contributed by atoms with Gasteiger partial charge in [0.05, 0.1) is 6.10 Å². The largest absolute Gasteiger partial charge is 0.396 e. The quantitative estimate of drug-likeness (QED) is 0.610. The molecule has 2 unspecified atom stereocenters. The highest BCUT2D eigenvalue weighted by Crippen LogP contribution is 2.14. The summed E-state index contributed by atoms with van der Waals surface area (Å²) in [6.45, 7) is 1.60. The van der Waals surface area contributed by atoms with Crippen molar-refractivity contribution >= 4 is 0 Å². The van der Waals surface area contributed by atoms with E-state index in [2.05, 4.69) is 9.97 Å². The summed E-state index contributed by atoms with van der Waals surface area (Å²) in [6.07, 6.45) is -0.533. The molecule has 0 amide bonds. The molecule has 1 aromatic heterocycles. The molecule has 0 radical (unpaired) electrons. The fourth-order valence-electron chi connectivity index (χ4n) is 1.07. The Balaban J connectivity index is 2.73. The Labute approximate surface area is 82.1 Å². The molecule has 1 rings (SSSR count). The van der Waals surface area contributed by atoms with Gasteiger partial charge in [-0.3, -0.25) is 0 Å². The van der Waals surface area contributed by atoms with Crippen LogP contribution in [0.1, 0.15) is 24.0 Å². The van der Waals surface area contributed by atoms with Gasteiger partial charge in [0.25, 0.3) is 0 Å². The molecule has 0 aromatic carbocycles. The minimum absolute atomic E-state index is 0.110. The lowest BCUT2D eigenvalue weighted by Gasteiger charge is -2.15. The predicted octanol–water partition coefficient (Wildman–Crippen LogP) is -0.438. The van der Waals surface area contributed by atoms with Crippen molar-refractivity contribution in [1.29, 1.82) is 0 Å². The smallest absolute Gasteiger partial charge is 0.159 e. The monoisotopic (exact) mass is 198 g/mol. The summed E-state index contributed by atoms with van der Waals surface area (Å²) in [4.78, 5) is 7.81. The number of rotatable bonds is 4. The molecular weight excluding hydrogens is 184 g/mol. The zero-order valence-electron chi connectivity index (χ0n) is 7.96. The van der Waals surface area contributed by atoms with Crippen LogP contribution in [0.2, 0.25) is 0 Å². The van der Waals surface area contributed by atoms with Gasteiger partial charge in [-0.2, -0.15) is 0 Å². The van der Waals surface area contributed by atoms with Gasteiger partial charge >= 0.3 is 0 Å². The summed E-state index contributed by atoms with van der Waals surface area (Å²) in [5.41, 5.74) is 0.727. The molecule has 0 aliphatic rings. The molecule has 0 saturated carbocycles. The Morgan fingerprint density at radius 3 is 2.71 bits per heavy atom. The third kappa shape index (κ3) is 2.73. The maximum atomic E-state index is 9.56. The lowest BCUT2D eigenvalue weighted by Crippen LogP contribution is -2.21. The number of aliphatic hydroxyl groups excluding tert-OH is 3. The molecule has 0 spiro atoms. The molecule has 0 fully saturated rings. The first-order valence-corrected chi connectivity index (χ1v) is 4.41. The first-order valence-electron chi connectivity index (χ1n) is 4.41. The van der Waals surface area contributed by atoms with Crippen LogP contribution in [0, 0.1) is 6.92 Å². The van der Waals surface area contributed by atoms with Crippen molar-refractivity contribution in [3.63, 3.8) is 0 Å². The summed E-state index contributed by atoms with van der Waals surface area (Å²) in [7, 11) is 0. The second-order valence-electron chi connectivity index (χ2n) is 3.08. The van der Waals surface area contributed by atoms with Gasteiger partial charge in [-0.25, -0.2) is 9.97 Å². The maximum Gasteiger partial charge on any atom is 0.159 e. The highest BCUT2D eigenvalue weighted by Gasteiger charge is 2.20. The molecule has 78 valence electrons. The van der Waals surface area contributed by atoms with Gasteiger partial charge in [0.1, 0.15) is 6.10 Å². The minimum Gasteiger partial charge on any atom is -0.396 e. The highest BCUT2D eigenvalue weighted by molar-refractivity contribution is 5.02. The van der Waals surface area contributed by atoms with E-state index in [0.29, 0.717) is 0 Å². The van der Waals surface area contributed by atoms with E-state index < -0.39 is 12.2 Å². The molecule has 0 aliphatic carbocycles. The average molecular weight is 198 g/mol. The van der Waals surface area contributed by atoms with Crippen molar-refractivity contribution in [2.45, 2.75) is 25.6 Å². The van der Waals surface area contributed by atoms with Crippen molar-refractivity contribution in [3.8, 4) is 0 Å². The number of hydrogen-bond acceptors (Lipinski definition) is 5. The van der Waals surface area contributed by atoms with Gasteiger partial charge in [0.2, 0.25) is 0 Å². The standard InChI is InChI=1S/C9H14N2O3/c1-6-2-4-10-9(11-6)8(14)7(13)3-5-12/h2,4,7-8,12-14H,3,5H2,1H3. The van der Waals surface area contributed by atoms with Crippen LogP contribution in [0.15, 0.2) is 12.3 Å². The Bertz CT molecular complexity index is 293. The number of hydrogen-bond donors (Lipinski definition) is 3. The summed E-state index contributed by atoms with van der Waals surface area (Å²) in [5.74, 6) is 0.186. The van der Waals surface area contributed by atoms with Crippen LogP contribution in [-0.4, -0.2) is 38.0 Å². The third-order valence-corrected chi connectivity index (χ3v) is 1.87. The van der Waals surface area contributed by atoms with Gasteiger partial charge in [0, 0.05) is 18.5 Å². The highest BCUT2D eigenvalue weighted by atomic mass is 16.3. The average Bonchev–Trinajstić information content (AvgIpc) is 2.17. The van der Waals surface area contributed by atoms with Crippen LogP contribution in [-0.2, 0) is 0 Å². The van der Waals surface area contributed by atoms with Crippen molar-refractivity contribution in [2.75, 3.05) is 6.61 Å². The summed E-state index contributed by atoms with van der Waals surface area (Å²) in [6, 6.07) is 1.70. The van der Waals surface area contributed by atoms with Gasteiger partial charge in [-0.15, -0.1) is 0 Å². The Morgan fingerprint density at radius 1 is 1.43 bits per heavy atom. The van der Waals surface area contributed by atoms with E-state index in [-0.39, 0.29) is 18.9 Å². The Kier molecular flexibility index (Phi) is 3.94. The molecule has 0 aliphatic heterocycles. The molecule has 2 atom stereocenters. The molecule has 14 heavy (non-hydrogen) atoms. The van der Waals surface area contributed by atoms with E-state index in [9.17, 15) is 10.2 Å². The zero-order chi connectivity index (χ0) is 10.6. The first kappa shape index (κ1) is 11.0. The van der Waals surface area contributed by atoms with Crippen molar-refractivity contribution in [3.05, 3.63) is 23.8 Å². The number of aromatic nitrogens is 2. The fourth-order valence-corrected chi connectivity index (χ4v) is 1.07. The second kappa shape index (κ2) is 4.99. The maximum absolute atomic E-state index is 9.56. The molecule has 5 nitrogen and oxygen atoms in total. The summed E-state index contributed by atoms with van der Waals surface area (Å²) < 4.78 is 0. The van der Waals surface area contributed by atoms with Crippen LogP contribution < -0.4 is 0 Å².